The molecule has 4 rings (SSSR count). The lowest BCUT2D eigenvalue weighted by atomic mass is 9.98. The minimum atomic E-state index is -1.42. The number of hydrogen-bond acceptors (Lipinski definition) is 2. The van der Waals surface area contributed by atoms with Gasteiger partial charge in [0.05, 0.1) is 15.7 Å². The van der Waals surface area contributed by atoms with Crippen LogP contribution in [0.3, 0.4) is 0 Å². The maximum atomic E-state index is 14.0. The van der Waals surface area contributed by atoms with E-state index in [1.807, 2.05) is 80.6 Å². The zero-order chi connectivity index (χ0) is 20.5. The van der Waals surface area contributed by atoms with E-state index in [4.69, 9.17) is 0 Å². The Morgan fingerprint density at radius 1 is 0.759 bits per heavy atom. The molecule has 2 atom stereocenters. The molecule has 0 saturated heterocycles. The summed E-state index contributed by atoms with van der Waals surface area (Å²) >= 11 is 0. The Hall–Kier alpha value is -2.75. The fourth-order valence-corrected chi connectivity index (χ4v) is 5.74. The molecule has 4 aromatic rings. The second-order valence-electron chi connectivity index (χ2n) is 7.51. The van der Waals surface area contributed by atoms with Gasteiger partial charge in [-0.05, 0) is 48.2 Å². The van der Waals surface area contributed by atoms with Crippen LogP contribution in [0.5, 0.6) is 0 Å². The summed E-state index contributed by atoms with van der Waals surface area (Å²) in [5.41, 5.74) is 4.65. The van der Waals surface area contributed by atoms with Gasteiger partial charge in [-0.3, -0.25) is 0 Å². The molecule has 0 amide bonds. The van der Waals surface area contributed by atoms with Gasteiger partial charge in [0.15, 0.2) is 0 Å². The Kier molecular flexibility index (Phi) is 5.35. The first-order valence-electron chi connectivity index (χ1n) is 9.71. The van der Waals surface area contributed by atoms with Crippen molar-refractivity contribution in [2.75, 3.05) is 0 Å². The molecule has 0 bridgehead atoms. The van der Waals surface area contributed by atoms with E-state index < -0.39 is 16.9 Å². The Morgan fingerprint density at radius 2 is 1.38 bits per heavy atom. The van der Waals surface area contributed by atoms with Crippen LogP contribution in [0.15, 0.2) is 88.7 Å². The molecule has 0 heterocycles. The number of aliphatic hydroxyl groups excluding tert-OH is 1. The number of rotatable bonds is 4. The van der Waals surface area contributed by atoms with Crippen LogP contribution in [0.2, 0.25) is 0 Å². The summed E-state index contributed by atoms with van der Waals surface area (Å²) in [5.74, 6) is 0. The Morgan fingerprint density at radius 3 is 2.07 bits per heavy atom. The molecule has 4 aromatic carbocycles. The molecule has 0 aliphatic rings. The van der Waals surface area contributed by atoms with Crippen LogP contribution in [0.1, 0.15) is 33.9 Å². The van der Waals surface area contributed by atoms with Gasteiger partial charge in [-0.25, -0.2) is 4.21 Å². The van der Waals surface area contributed by atoms with Crippen molar-refractivity contribution in [2.45, 2.75) is 36.7 Å². The number of fused-ring (bicyclic) bond motifs is 1. The smallest absolute Gasteiger partial charge is 0.105 e. The fourth-order valence-electron chi connectivity index (χ4n) is 4.06. The normalized spacial score (nSPS) is 13.4. The van der Waals surface area contributed by atoms with Gasteiger partial charge in [-0.1, -0.05) is 84.4 Å². The first-order chi connectivity index (χ1) is 14.0. The Balaban J connectivity index is 1.98. The molecule has 0 spiro atoms. The highest BCUT2D eigenvalue weighted by Gasteiger charge is 2.23. The summed E-state index contributed by atoms with van der Waals surface area (Å²) in [6, 6.07) is 25.5. The van der Waals surface area contributed by atoms with Gasteiger partial charge in [-0.2, -0.15) is 0 Å². The van der Waals surface area contributed by atoms with Crippen LogP contribution in [0.25, 0.3) is 10.8 Å². The molecule has 1 unspecified atom stereocenters. The first-order valence-corrected chi connectivity index (χ1v) is 10.9. The van der Waals surface area contributed by atoms with Gasteiger partial charge in [0.25, 0.3) is 0 Å². The minimum Gasteiger partial charge on any atom is -0.384 e. The lowest BCUT2D eigenvalue weighted by Crippen LogP contribution is -2.08. The summed E-state index contributed by atoms with van der Waals surface area (Å²) < 4.78 is 14.0. The van der Waals surface area contributed by atoms with Gasteiger partial charge in [0.1, 0.15) is 6.10 Å². The second kappa shape index (κ2) is 7.94. The highest BCUT2D eigenvalue weighted by molar-refractivity contribution is 7.85. The molecule has 2 nitrogen and oxygen atoms in total. The monoisotopic (exact) mass is 400 g/mol. The lowest BCUT2D eigenvalue weighted by molar-refractivity contribution is 0.217. The number of benzene rings is 4. The molecular formula is C26H24O2S. The van der Waals surface area contributed by atoms with Crippen molar-refractivity contribution in [3.05, 3.63) is 107 Å². The summed E-state index contributed by atoms with van der Waals surface area (Å²) in [6.45, 7) is 6.06. The van der Waals surface area contributed by atoms with Crippen molar-refractivity contribution in [2.24, 2.45) is 0 Å². The van der Waals surface area contributed by atoms with Crippen LogP contribution in [-0.4, -0.2) is 9.32 Å². The van der Waals surface area contributed by atoms with Crippen molar-refractivity contribution in [1.82, 2.24) is 0 Å². The largest absolute Gasteiger partial charge is 0.384 e. The number of aliphatic hydroxyl groups is 1. The molecule has 146 valence electrons. The average Bonchev–Trinajstić information content (AvgIpc) is 2.72. The van der Waals surface area contributed by atoms with Crippen molar-refractivity contribution in [3.63, 3.8) is 0 Å². The van der Waals surface area contributed by atoms with E-state index in [9.17, 15) is 9.32 Å². The summed E-state index contributed by atoms with van der Waals surface area (Å²) in [7, 11) is -1.42. The molecule has 29 heavy (non-hydrogen) atoms. The zero-order valence-electron chi connectivity index (χ0n) is 16.8. The molecule has 0 aliphatic heterocycles. The SMILES string of the molecule is Cc1cc(C)c(S(=O)c2c([C@@H](O)c3ccccc3)ccc3ccccc23)c(C)c1. The fraction of sp³-hybridized carbons (Fsp3) is 0.154. The third-order valence-corrected chi connectivity index (χ3v) is 7.14. The Labute approximate surface area is 174 Å². The highest BCUT2D eigenvalue weighted by Crippen LogP contribution is 2.36. The van der Waals surface area contributed by atoms with Crippen LogP contribution in [-0.2, 0) is 10.8 Å². The zero-order valence-corrected chi connectivity index (χ0v) is 17.7. The molecule has 0 aliphatic carbocycles. The van der Waals surface area contributed by atoms with Crippen molar-refractivity contribution < 1.29 is 9.32 Å². The molecule has 0 saturated carbocycles. The lowest BCUT2D eigenvalue weighted by Gasteiger charge is -2.20. The van der Waals surface area contributed by atoms with Crippen molar-refractivity contribution in [3.8, 4) is 0 Å². The molecule has 0 fully saturated rings. The quantitative estimate of drug-likeness (QED) is 0.455. The van der Waals surface area contributed by atoms with Crippen LogP contribution >= 0.6 is 0 Å². The van der Waals surface area contributed by atoms with Gasteiger partial charge >= 0.3 is 0 Å². The van der Waals surface area contributed by atoms with E-state index in [-0.39, 0.29) is 0 Å². The highest BCUT2D eigenvalue weighted by atomic mass is 32.2. The standard InChI is InChI=1S/C26H24O2S/c1-17-15-18(2)25(19(3)16-17)29(28)26-22-12-8-7-9-20(22)13-14-23(26)24(27)21-10-5-4-6-11-21/h4-16,24,27H,1-3H3/t24-,29?/m0/s1. The summed E-state index contributed by atoms with van der Waals surface area (Å²) in [6.07, 6.45) is -0.842. The van der Waals surface area contributed by atoms with E-state index in [0.29, 0.717) is 10.5 Å². The molecule has 1 N–H and O–H groups in total. The summed E-state index contributed by atoms with van der Waals surface area (Å²) in [4.78, 5) is 1.52. The first kappa shape index (κ1) is 19.6. The third kappa shape index (κ3) is 3.64. The van der Waals surface area contributed by atoms with Crippen molar-refractivity contribution >= 4 is 21.6 Å². The van der Waals surface area contributed by atoms with E-state index >= 15 is 0 Å². The minimum absolute atomic E-state index is 0.688. The predicted octanol–water partition coefficient (Wildman–Crippen LogP) is 6.01. The average molecular weight is 401 g/mol. The van der Waals surface area contributed by atoms with Crippen LogP contribution in [0.4, 0.5) is 0 Å². The van der Waals surface area contributed by atoms with E-state index in [2.05, 4.69) is 19.1 Å². The third-order valence-electron chi connectivity index (χ3n) is 5.30. The predicted molar refractivity (Wildman–Crippen MR) is 120 cm³/mol. The number of hydrogen-bond donors (Lipinski definition) is 1. The summed E-state index contributed by atoms with van der Waals surface area (Å²) in [5, 5.41) is 13.1. The van der Waals surface area contributed by atoms with Crippen LogP contribution in [0, 0.1) is 20.8 Å². The molecule has 3 heteroatoms. The van der Waals surface area contributed by atoms with E-state index in [1.165, 1.54) is 0 Å². The van der Waals surface area contributed by atoms with Gasteiger partial charge < -0.3 is 5.11 Å². The van der Waals surface area contributed by atoms with E-state index in [0.717, 1.165) is 37.9 Å². The van der Waals surface area contributed by atoms with E-state index in [1.54, 1.807) is 0 Å². The number of aryl methyl sites for hydroxylation is 3. The second-order valence-corrected chi connectivity index (χ2v) is 8.87. The van der Waals surface area contributed by atoms with Gasteiger partial charge in [0, 0.05) is 10.5 Å². The Bertz CT molecular complexity index is 1190. The van der Waals surface area contributed by atoms with Crippen LogP contribution < -0.4 is 0 Å². The van der Waals surface area contributed by atoms with Crippen molar-refractivity contribution in [1.29, 1.82) is 0 Å². The topological polar surface area (TPSA) is 37.3 Å². The maximum absolute atomic E-state index is 14.0. The maximum Gasteiger partial charge on any atom is 0.105 e. The molecule has 0 aromatic heterocycles. The molecule has 0 radical (unpaired) electrons. The molecular weight excluding hydrogens is 376 g/mol. The van der Waals surface area contributed by atoms with Gasteiger partial charge in [0.2, 0.25) is 0 Å². The van der Waals surface area contributed by atoms with Gasteiger partial charge in [-0.15, -0.1) is 0 Å².